The van der Waals surface area contributed by atoms with Gasteiger partial charge < -0.3 is 16.4 Å². The van der Waals surface area contributed by atoms with Gasteiger partial charge in [-0.15, -0.1) is 0 Å². The Kier molecular flexibility index (Phi) is 7.00. The number of nitrogens with one attached hydrogen (secondary N) is 2. The van der Waals surface area contributed by atoms with E-state index in [1.165, 1.54) is 6.20 Å². The van der Waals surface area contributed by atoms with Crippen molar-refractivity contribution < 1.29 is 4.92 Å². The summed E-state index contributed by atoms with van der Waals surface area (Å²) in [5, 5.41) is 18.5. The molecule has 158 valence electrons. The first-order valence-corrected chi connectivity index (χ1v) is 10.4. The number of hydrogen-bond acceptors (Lipinski definition) is 5. The Labute approximate surface area is 179 Å². The zero-order valence-electron chi connectivity index (χ0n) is 16.0. The zero-order valence-corrected chi connectivity index (χ0v) is 17.5. The molecule has 29 heavy (non-hydrogen) atoms. The van der Waals surface area contributed by atoms with Crippen LogP contribution in [0, 0.1) is 22.0 Å². The van der Waals surface area contributed by atoms with E-state index in [0.717, 1.165) is 31.2 Å². The van der Waals surface area contributed by atoms with Crippen molar-refractivity contribution in [1.82, 2.24) is 10.6 Å². The van der Waals surface area contributed by atoms with Gasteiger partial charge in [-0.05, 0) is 68.2 Å². The molecule has 1 fully saturated rings. The molecule has 1 unspecified atom stereocenters. The fraction of sp³-hybridized carbons (Fsp3) is 0.526. The number of aliphatic imine (C=N–C) groups is 1. The second-order valence-electron chi connectivity index (χ2n) is 7.75. The van der Waals surface area contributed by atoms with E-state index in [4.69, 9.17) is 34.7 Å². The summed E-state index contributed by atoms with van der Waals surface area (Å²) < 4.78 is 0. The third-order valence-electron chi connectivity index (χ3n) is 5.67. The number of benzene rings is 1. The first-order chi connectivity index (χ1) is 13.8. The summed E-state index contributed by atoms with van der Waals surface area (Å²) in [5.74, 6) is 1.20. The molecule has 0 bridgehead atoms. The third-order valence-corrected chi connectivity index (χ3v) is 6.26. The van der Waals surface area contributed by atoms with E-state index in [-0.39, 0.29) is 12.2 Å². The third kappa shape index (κ3) is 5.39. The lowest BCUT2D eigenvalue weighted by atomic mass is 9.77. The molecule has 10 heteroatoms. The lowest BCUT2D eigenvalue weighted by molar-refractivity contribution is -0.437. The van der Waals surface area contributed by atoms with Crippen molar-refractivity contribution in [3.05, 3.63) is 55.8 Å². The van der Waals surface area contributed by atoms with E-state index >= 15 is 0 Å². The highest BCUT2D eigenvalue weighted by atomic mass is 35.5. The first-order valence-electron chi connectivity index (χ1n) is 9.68. The van der Waals surface area contributed by atoms with Crippen molar-refractivity contribution in [3.63, 3.8) is 0 Å². The Bertz CT molecular complexity index is 823. The largest absolute Gasteiger partial charge is 0.330 e. The van der Waals surface area contributed by atoms with Crippen LogP contribution in [-0.4, -0.2) is 23.1 Å². The van der Waals surface area contributed by atoms with Crippen LogP contribution in [0.4, 0.5) is 0 Å². The van der Waals surface area contributed by atoms with Crippen LogP contribution in [0.5, 0.6) is 0 Å². The van der Waals surface area contributed by atoms with Crippen molar-refractivity contribution >= 4 is 29.2 Å². The molecule has 0 radical (unpaired) electrons. The fourth-order valence-corrected chi connectivity index (χ4v) is 4.44. The second-order valence-corrected chi connectivity index (χ2v) is 8.60. The summed E-state index contributed by atoms with van der Waals surface area (Å²) >= 11 is 12.1. The number of nitro groups is 1. The average molecular weight is 441 g/mol. The van der Waals surface area contributed by atoms with Crippen LogP contribution in [0.2, 0.25) is 10.0 Å². The monoisotopic (exact) mass is 440 g/mol. The Morgan fingerprint density at radius 1 is 1.24 bits per heavy atom. The van der Waals surface area contributed by atoms with Gasteiger partial charge in [0.1, 0.15) is 0 Å². The lowest BCUT2D eigenvalue weighted by Crippen LogP contribution is -2.64. The van der Waals surface area contributed by atoms with E-state index in [1.807, 2.05) is 0 Å². The Hall–Kier alpha value is -1.87. The molecule has 1 atom stereocenters. The molecule has 1 heterocycles. The molecule has 1 aliphatic heterocycles. The van der Waals surface area contributed by atoms with Crippen LogP contribution >= 0.6 is 23.2 Å². The van der Waals surface area contributed by atoms with Gasteiger partial charge in [-0.1, -0.05) is 29.3 Å². The maximum Gasteiger partial charge on any atom is 0.301 e. The summed E-state index contributed by atoms with van der Waals surface area (Å²) in [6.45, 7) is 0.970. The number of nitrogens with zero attached hydrogens (tertiary/aromatic N) is 2. The van der Waals surface area contributed by atoms with Gasteiger partial charge in [0.2, 0.25) is 0 Å². The molecule has 2 aliphatic rings. The van der Waals surface area contributed by atoms with Crippen molar-refractivity contribution in [1.29, 1.82) is 0 Å². The molecular formula is C19H26Cl2N6O2. The summed E-state index contributed by atoms with van der Waals surface area (Å²) in [5.41, 5.74) is 11.7. The van der Waals surface area contributed by atoms with E-state index in [2.05, 4.69) is 15.6 Å². The zero-order chi connectivity index (χ0) is 21.0. The molecule has 0 amide bonds. The first kappa shape index (κ1) is 21.8. The minimum absolute atomic E-state index is 0.0954. The lowest BCUT2D eigenvalue weighted by Gasteiger charge is -2.37. The van der Waals surface area contributed by atoms with Crippen LogP contribution in [-0.2, 0) is 6.54 Å². The van der Waals surface area contributed by atoms with Crippen LogP contribution in [0.3, 0.4) is 0 Å². The number of hydrogen-bond donors (Lipinski definition) is 4. The van der Waals surface area contributed by atoms with E-state index < -0.39 is 10.6 Å². The minimum atomic E-state index is -1.29. The molecule has 1 aliphatic carbocycles. The molecule has 0 spiro atoms. The molecule has 0 aromatic heterocycles. The van der Waals surface area contributed by atoms with Crippen LogP contribution in [0.1, 0.15) is 37.7 Å². The maximum atomic E-state index is 11.6. The summed E-state index contributed by atoms with van der Waals surface area (Å²) in [4.78, 5) is 15.6. The highest BCUT2D eigenvalue weighted by Gasteiger charge is 2.44. The molecule has 8 nitrogen and oxygen atoms in total. The molecule has 3 rings (SSSR count). The highest BCUT2D eigenvalue weighted by molar-refractivity contribution is 6.35. The number of rotatable bonds is 6. The van der Waals surface area contributed by atoms with Gasteiger partial charge in [0.05, 0.1) is 17.7 Å². The molecule has 6 N–H and O–H groups in total. The predicted molar refractivity (Wildman–Crippen MR) is 115 cm³/mol. The smallest absolute Gasteiger partial charge is 0.301 e. The molecule has 1 aromatic carbocycles. The summed E-state index contributed by atoms with van der Waals surface area (Å²) in [7, 11) is 0. The topological polar surface area (TPSA) is 132 Å². The fourth-order valence-electron chi connectivity index (χ4n) is 3.97. The average Bonchev–Trinajstić information content (AvgIpc) is 2.67. The molecule has 1 aromatic rings. The molecule has 1 saturated carbocycles. The molecule has 0 saturated heterocycles. The van der Waals surface area contributed by atoms with E-state index in [9.17, 15) is 10.1 Å². The summed E-state index contributed by atoms with van der Waals surface area (Å²) in [6.07, 6.45) is 5.78. The van der Waals surface area contributed by atoms with Gasteiger partial charge in [0.15, 0.2) is 11.6 Å². The quantitative estimate of drug-likeness (QED) is 0.397. The molecular weight excluding hydrogens is 415 g/mol. The second kappa shape index (κ2) is 9.30. The van der Waals surface area contributed by atoms with E-state index in [0.29, 0.717) is 40.8 Å². The number of guanidine groups is 1. The Morgan fingerprint density at radius 3 is 2.55 bits per heavy atom. The van der Waals surface area contributed by atoms with Gasteiger partial charge >= 0.3 is 5.70 Å². The SMILES string of the molecule is NCC1CCC(CC2(N)NC(=NCc3ccc(Cl)cc3Cl)NC=C2[N+](=O)[O-])CC1. The predicted octanol–water partition coefficient (Wildman–Crippen LogP) is 2.97. The van der Waals surface area contributed by atoms with E-state index in [1.54, 1.807) is 18.2 Å². The van der Waals surface area contributed by atoms with Crippen molar-refractivity contribution in [2.75, 3.05) is 6.54 Å². The number of nitrogens with two attached hydrogens (primary N) is 2. The van der Waals surface area contributed by atoms with Crippen LogP contribution in [0.15, 0.2) is 35.1 Å². The van der Waals surface area contributed by atoms with Crippen molar-refractivity contribution in [2.24, 2.45) is 28.3 Å². The highest BCUT2D eigenvalue weighted by Crippen LogP contribution is 2.34. The van der Waals surface area contributed by atoms with Gasteiger partial charge in [-0.25, -0.2) is 4.99 Å². The van der Waals surface area contributed by atoms with Crippen molar-refractivity contribution in [3.8, 4) is 0 Å². The van der Waals surface area contributed by atoms with Gasteiger partial charge in [-0.3, -0.25) is 15.8 Å². The van der Waals surface area contributed by atoms with Crippen molar-refractivity contribution in [2.45, 2.75) is 44.3 Å². The summed E-state index contributed by atoms with van der Waals surface area (Å²) in [6, 6.07) is 5.18. The number of halogens is 2. The standard InChI is InChI=1S/C19H26Cl2N6O2/c20-15-6-5-14(16(21)7-15)10-24-18-25-11-17(27(28)29)19(23,26-18)8-12-1-3-13(9-22)4-2-12/h5-7,11-13H,1-4,8-10,22-23H2,(H2,24,25,26). The van der Waals surface area contributed by atoms with Crippen LogP contribution < -0.4 is 22.1 Å². The van der Waals surface area contributed by atoms with Gasteiger partial charge in [-0.2, -0.15) is 0 Å². The van der Waals surface area contributed by atoms with Crippen LogP contribution in [0.25, 0.3) is 0 Å². The van der Waals surface area contributed by atoms with Gasteiger partial charge in [0.25, 0.3) is 0 Å². The maximum absolute atomic E-state index is 11.6. The normalized spacial score (nSPS) is 28.4. The Morgan fingerprint density at radius 2 is 1.93 bits per heavy atom. The Balaban J connectivity index is 1.73. The van der Waals surface area contributed by atoms with Gasteiger partial charge in [0, 0.05) is 10.0 Å². The minimum Gasteiger partial charge on any atom is -0.330 e.